The summed E-state index contributed by atoms with van der Waals surface area (Å²) in [5.74, 6) is -0.262. The van der Waals surface area contributed by atoms with Gasteiger partial charge < -0.3 is 19.7 Å². The number of methoxy groups -OCH3 is 1. The van der Waals surface area contributed by atoms with Crippen LogP contribution in [0.5, 0.6) is 11.5 Å². The van der Waals surface area contributed by atoms with Crippen LogP contribution < -0.4 is 14.8 Å². The standard InChI is InChI=1S/C23H29FN2O4/c1-5-16(2)25-23(28)17(3)26(14-18-10-6-7-11-19(18)24)22(27)15-30-21-13-9-8-12-20(21)29-4/h6-13,16-17H,5,14-15H2,1-4H3,(H,25,28). The highest BCUT2D eigenvalue weighted by molar-refractivity contribution is 5.88. The Hall–Kier alpha value is -3.09. The van der Waals surface area contributed by atoms with Crippen molar-refractivity contribution in [3.05, 3.63) is 59.9 Å². The van der Waals surface area contributed by atoms with Crippen LogP contribution in [0.2, 0.25) is 0 Å². The molecule has 2 aromatic carbocycles. The molecule has 6 nitrogen and oxygen atoms in total. The van der Waals surface area contributed by atoms with E-state index in [0.717, 1.165) is 6.42 Å². The van der Waals surface area contributed by atoms with E-state index in [1.165, 1.54) is 18.1 Å². The normalized spacial score (nSPS) is 12.6. The molecule has 0 aliphatic heterocycles. The number of ether oxygens (including phenoxy) is 2. The third-order valence-corrected chi connectivity index (χ3v) is 4.89. The van der Waals surface area contributed by atoms with Crippen LogP contribution in [0, 0.1) is 5.82 Å². The topological polar surface area (TPSA) is 67.9 Å². The summed E-state index contributed by atoms with van der Waals surface area (Å²) in [6, 6.07) is 12.3. The maximum absolute atomic E-state index is 14.2. The van der Waals surface area contributed by atoms with Crippen LogP contribution in [-0.2, 0) is 16.1 Å². The van der Waals surface area contributed by atoms with Crippen LogP contribution in [-0.4, -0.2) is 42.5 Å². The van der Waals surface area contributed by atoms with Crippen molar-refractivity contribution in [3.8, 4) is 11.5 Å². The summed E-state index contributed by atoms with van der Waals surface area (Å²) in [5, 5.41) is 2.87. The largest absolute Gasteiger partial charge is 0.493 e. The van der Waals surface area contributed by atoms with Crippen molar-refractivity contribution < 1.29 is 23.5 Å². The Morgan fingerprint density at radius 2 is 1.70 bits per heavy atom. The van der Waals surface area contributed by atoms with Gasteiger partial charge in [0.05, 0.1) is 7.11 Å². The SMILES string of the molecule is CCC(C)NC(=O)C(C)N(Cc1ccccc1F)C(=O)COc1ccccc1OC. The number of carbonyl (C=O) groups is 2. The summed E-state index contributed by atoms with van der Waals surface area (Å²) in [5.41, 5.74) is 0.325. The maximum atomic E-state index is 14.2. The fourth-order valence-corrected chi connectivity index (χ4v) is 2.82. The molecule has 0 heterocycles. The van der Waals surface area contributed by atoms with Crippen molar-refractivity contribution in [2.45, 2.75) is 45.8 Å². The molecule has 0 spiro atoms. The van der Waals surface area contributed by atoms with E-state index in [2.05, 4.69) is 5.32 Å². The second kappa shape index (κ2) is 11.2. The molecule has 0 saturated carbocycles. The van der Waals surface area contributed by atoms with Gasteiger partial charge in [0.25, 0.3) is 5.91 Å². The van der Waals surface area contributed by atoms with Crippen LogP contribution in [0.4, 0.5) is 4.39 Å². The van der Waals surface area contributed by atoms with Crippen LogP contribution in [0.25, 0.3) is 0 Å². The van der Waals surface area contributed by atoms with Crippen molar-refractivity contribution in [3.63, 3.8) is 0 Å². The molecular weight excluding hydrogens is 387 g/mol. The molecular formula is C23H29FN2O4. The molecule has 0 radical (unpaired) electrons. The molecule has 7 heteroatoms. The Morgan fingerprint density at radius 3 is 2.33 bits per heavy atom. The highest BCUT2D eigenvalue weighted by Crippen LogP contribution is 2.26. The van der Waals surface area contributed by atoms with E-state index in [0.29, 0.717) is 17.1 Å². The summed E-state index contributed by atoms with van der Waals surface area (Å²) in [4.78, 5) is 27.0. The zero-order valence-electron chi connectivity index (χ0n) is 17.9. The lowest BCUT2D eigenvalue weighted by Gasteiger charge is -2.29. The molecule has 0 aliphatic rings. The van der Waals surface area contributed by atoms with E-state index < -0.39 is 17.8 Å². The number of nitrogens with zero attached hydrogens (tertiary/aromatic N) is 1. The first-order valence-electron chi connectivity index (χ1n) is 9.96. The van der Waals surface area contributed by atoms with Crippen molar-refractivity contribution in [2.75, 3.05) is 13.7 Å². The molecule has 0 bridgehead atoms. The third-order valence-electron chi connectivity index (χ3n) is 4.89. The molecule has 0 saturated heterocycles. The van der Waals surface area contributed by atoms with Crippen molar-refractivity contribution in [1.29, 1.82) is 0 Å². The summed E-state index contributed by atoms with van der Waals surface area (Å²) in [7, 11) is 1.51. The molecule has 1 N–H and O–H groups in total. The number of halogens is 1. The molecule has 2 unspecified atom stereocenters. The molecule has 2 aromatic rings. The predicted octanol–water partition coefficient (Wildman–Crippen LogP) is 3.55. The summed E-state index contributed by atoms with van der Waals surface area (Å²) in [6.45, 7) is 5.11. The van der Waals surface area contributed by atoms with Gasteiger partial charge in [0, 0.05) is 18.2 Å². The van der Waals surface area contributed by atoms with Gasteiger partial charge in [-0.05, 0) is 38.5 Å². The van der Waals surface area contributed by atoms with E-state index in [9.17, 15) is 14.0 Å². The first-order chi connectivity index (χ1) is 14.4. The fraction of sp³-hybridized carbons (Fsp3) is 0.391. The molecule has 30 heavy (non-hydrogen) atoms. The Balaban J connectivity index is 2.19. The van der Waals surface area contributed by atoms with Crippen LogP contribution in [0.3, 0.4) is 0 Å². The molecule has 0 aromatic heterocycles. The average Bonchev–Trinajstić information content (AvgIpc) is 2.76. The van der Waals surface area contributed by atoms with E-state index in [1.54, 1.807) is 49.4 Å². The number of hydrogen-bond acceptors (Lipinski definition) is 4. The number of rotatable bonds is 10. The zero-order valence-corrected chi connectivity index (χ0v) is 17.9. The number of para-hydroxylation sites is 2. The van der Waals surface area contributed by atoms with E-state index in [1.807, 2.05) is 13.8 Å². The maximum Gasteiger partial charge on any atom is 0.261 e. The monoisotopic (exact) mass is 416 g/mol. The molecule has 2 rings (SSSR count). The minimum atomic E-state index is -0.799. The first kappa shape index (κ1) is 23.2. The van der Waals surface area contributed by atoms with Crippen LogP contribution >= 0.6 is 0 Å². The lowest BCUT2D eigenvalue weighted by atomic mass is 10.1. The fourth-order valence-electron chi connectivity index (χ4n) is 2.82. The molecule has 0 fully saturated rings. The molecule has 0 aliphatic carbocycles. The Kier molecular flexibility index (Phi) is 8.65. The van der Waals surface area contributed by atoms with Gasteiger partial charge in [-0.25, -0.2) is 4.39 Å². The van der Waals surface area contributed by atoms with Gasteiger partial charge in [-0.2, -0.15) is 0 Å². The van der Waals surface area contributed by atoms with Crippen molar-refractivity contribution >= 4 is 11.8 Å². The van der Waals surface area contributed by atoms with Crippen LogP contribution in [0.1, 0.15) is 32.8 Å². The Labute approximate surface area is 177 Å². The summed E-state index contributed by atoms with van der Waals surface area (Å²) in [6.07, 6.45) is 0.761. The lowest BCUT2D eigenvalue weighted by molar-refractivity contribution is -0.142. The van der Waals surface area contributed by atoms with E-state index in [-0.39, 0.29) is 25.1 Å². The van der Waals surface area contributed by atoms with Gasteiger partial charge in [-0.15, -0.1) is 0 Å². The first-order valence-corrected chi connectivity index (χ1v) is 9.96. The van der Waals surface area contributed by atoms with Crippen molar-refractivity contribution in [2.24, 2.45) is 0 Å². The average molecular weight is 416 g/mol. The van der Waals surface area contributed by atoms with E-state index >= 15 is 0 Å². The van der Waals surface area contributed by atoms with Gasteiger partial charge in [0.15, 0.2) is 18.1 Å². The van der Waals surface area contributed by atoms with Gasteiger partial charge >= 0.3 is 0 Å². The molecule has 162 valence electrons. The highest BCUT2D eigenvalue weighted by Gasteiger charge is 2.28. The van der Waals surface area contributed by atoms with Gasteiger partial charge in [0.1, 0.15) is 11.9 Å². The van der Waals surface area contributed by atoms with Crippen molar-refractivity contribution in [1.82, 2.24) is 10.2 Å². The summed E-state index contributed by atoms with van der Waals surface area (Å²) < 4.78 is 25.1. The molecule has 2 atom stereocenters. The minimum Gasteiger partial charge on any atom is -0.493 e. The number of carbonyl (C=O) groups excluding carboxylic acids is 2. The minimum absolute atomic E-state index is 0.0322. The smallest absolute Gasteiger partial charge is 0.261 e. The Morgan fingerprint density at radius 1 is 1.07 bits per heavy atom. The number of amides is 2. The number of hydrogen-bond donors (Lipinski definition) is 1. The van der Waals surface area contributed by atoms with Gasteiger partial charge in [-0.1, -0.05) is 37.3 Å². The second-order valence-electron chi connectivity index (χ2n) is 7.05. The molecule has 2 amide bonds. The lowest BCUT2D eigenvalue weighted by Crippen LogP contribution is -2.50. The van der Waals surface area contributed by atoms with Crippen LogP contribution in [0.15, 0.2) is 48.5 Å². The predicted molar refractivity (Wildman–Crippen MR) is 113 cm³/mol. The number of nitrogens with one attached hydrogen (secondary N) is 1. The van der Waals surface area contributed by atoms with E-state index in [4.69, 9.17) is 9.47 Å². The Bertz CT molecular complexity index is 859. The van der Waals surface area contributed by atoms with Gasteiger partial charge in [-0.3, -0.25) is 9.59 Å². The van der Waals surface area contributed by atoms with Gasteiger partial charge in [0.2, 0.25) is 5.91 Å². The number of benzene rings is 2. The summed E-state index contributed by atoms with van der Waals surface area (Å²) >= 11 is 0. The highest BCUT2D eigenvalue weighted by atomic mass is 19.1. The third kappa shape index (κ3) is 6.20. The zero-order chi connectivity index (χ0) is 22.1. The second-order valence-corrected chi connectivity index (χ2v) is 7.05. The quantitative estimate of drug-likeness (QED) is 0.643.